The Labute approximate surface area is 107 Å². The number of hydrogen-bond donors (Lipinski definition) is 0. The zero-order valence-electron chi connectivity index (χ0n) is 10.0. The minimum absolute atomic E-state index is 0.119. The first-order chi connectivity index (χ1) is 9.25. The van der Waals surface area contributed by atoms with Crippen molar-refractivity contribution in [2.75, 3.05) is 0 Å². The molecule has 1 aromatic carbocycles. The van der Waals surface area contributed by atoms with E-state index in [0.29, 0.717) is 11.1 Å². The largest absolute Gasteiger partial charge is 0.334 e. The van der Waals surface area contributed by atoms with E-state index in [1.807, 2.05) is 30.3 Å². The Bertz CT molecular complexity index is 804. The van der Waals surface area contributed by atoms with Crippen LogP contribution in [0.15, 0.2) is 44.8 Å². The van der Waals surface area contributed by atoms with Crippen molar-refractivity contribution in [3.63, 3.8) is 0 Å². The van der Waals surface area contributed by atoms with Gasteiger partial charge in [0.15, 0.2) is 0 Å². The van der Waals surface area contributed by atoms with E-state index in [4.69, 9.17) is 4.52 Å². The average molecular weight is 255 g/mol. The summed E-state index contributed by atoms with van der Waals surface area (Å²) in [5, 5.41) is 15.4. The van der Waals surface area contributed by atoms with Crippen LogP contribution < -0.4 is 5.56 Å². The van der Waals surface area contributed by atoms with Crippen LogP contribution in [0.3, 0.4) is 0 Å². The standard InChI is InChI=1S/C12H9N5O2/c1-8-10-11(19-15-8)14-16-17(12(10)18)13-7-9-5-3-2-4-6-9/h2-7H,1H3/b13-7+. The number of rotatable bonds is 2. The fourth-order valence-corrected chi connectivity index (χ4v) is 1.63. The topological polar surface area (TPSA) is 86.2 Å². The van der Waals surface area contributed by atoms with Gasteiger partial charge in [-0.25, -0.2) is 0 Å². The van der Waals surface area contributed by atoms with Crippen LogP contribution in [0.2, 0.25) is 0 Å². The number of hydrogen-bond acceptors (Lipinski definition) is 6. The minimum atomic E-state index is -0.407. The van der Waals surface area contributed by atoms with Gasteiger partial charge >= 0.3 is 5.56 Å². The Kier molecular flexibility index (Phi) is 2.64. The molecule has 7 heteroatoms. The van der Waals surface area contributed by atoms with Gasteiger partial charge in [-0.15, -0.1) is 0 Å². The number of nitrogens with zero attached hydrogens (tertiary/aromatic N) is 5. The lowest BCUT2D eigenvalue weighted by Gasteiger charge is -1.94. The molecule has 0 saturated carbocycles. The van der Waals surface area contributed by atoms with Crippen molar-refractivity contribution in [2.24, 2.45) is 5.10 Å². The van der Waals surface area contributed by atoms with Crippen LogP contribution in [0.4, 0.5) is 0 Å². The van der Waals surface area contributed by atoms with Gasteiger partial charge in [0.1, 0.15) is 5.39 Å². The summed E-state index contributed by atoms with van der Waals surface area (Å²) in [5.41, 5.74) is 1.04. The van der Waals surface area contributed by atoms with Gasteiger partial charge in [-0.2, -0.15) is 5.10 Å². The molecule has 0 N–H and O–H groups in total. The first-order valence-electron chi connectivity index (χ1n) is 5.57. The number of aryl methyl sites for hydroxylation is 1. The molecule has 2 heterocycles. The SMILES string of the molecule is Cc1noc2nnn(/N=C/c3ccccc3)c(=O)c12. The molecule has 0 unspecified atom stereocenters. The highest BCUT2D eigenvalue weighted by Gasteiger charge is 2.12. The fourth-order valence-electron chi connectivity index (χ4n) is 1.63. The van der Waals surface area contributed by atoms with Gasteiger partial charge in [-0.1, -0.05) is 45.4 Å². The Hall–Kier alpha value is -2.83. The molecule has 0 aliphatic rings. The first-order valence-corrected chi connectivity index (χ1v) is 5.57. The normalized spacial score (nSPS) is 11.4. The summed E-state index contributed by atoms with van der Waals surface area (Å²) in [6.45, 7) is 1.67. The molecular weight excluding hydrogens is 246 g/mol. The third kappa shape index (κ3) is 2.01. The van der Waals surface area contributed by atoms with Crippen LogP contribution in [-0.2, 0) is 0 Å². The predicted octanol–water partition coefficient (Wildman–Crippen LogP) is 0.970. The van der Waals surface area contributed by atoms with Crippen LogP contribution in [-0.4, -0.2) is 26.5 Å². The summed E-state index contributed by atoms with van der Waals surface area (Å²) in [4.78, 5) is 13.0. The summed E-state index contributed by atoms with van der Waals surface area (Å²) in [6.07, 6.45) is 1.53. The summed E-state index contributed by atoms with van der Waals surface area (Å²) in [7, 11) is 0. The molecule has 19 heavy (non-hydrogen) atoms. The Balaban J connectivity index is 2.07. The van der Waals surface area contributed by atoms with Crippen LogP contribution in [0, 0.1) is 6.92 Å². The van der Waals surface area contributed by atoms with E-state index < -0.39 is 5.56 Å². The van der Waals surface area contributed by atoms with Crippen molar-refractivity contribution >= 4 is 17.3 Å². The number of fused-ring (bicyclic) bond motifs is 1. The average Bonchev–Trinajstić information content (AvgIpc) is 2.82. The summed E-state index contributed by atoms with van der Waals surface area (Å²) in [5.74, 6) is 0. The van der Waals surface area contributed by atoms with E-state index in [-0.39, 0.29) is 5.71 Å². The van der Waals surface area contributed by atoms with Crippen molar-refractivity contribution in [1.82, 2.24) is 20.3 Å². The van der Waals surface area contributed by atoms with Crippen molar-refractivity contribution in [3.05, 3.63) is 51.9 Å². The predicted molar refractivity (Wildman–Crippen MR) is 68.0 cm³/mol. The van der Waals surface area contributed by atoms with Crippen LogP contribution in [0.5, 0.6) is 0 Å². The third-order valence-corrected chi connectivity index (χ3v) is 2.58. The maximum atomic E-state index is 12.1. The van der Waals surface area contributed by atoms with Gasteiger partial charge in [0.2, 0.25) is 0 Å². The van der Waals surface area contributed by atoms with E-state index in [2.05, 4.69) is 20.6 Å². The summed E-state index contributed by atoms with van der Waals surface area (Å²) < 4.78 is 4.86. The molecule has 0 aliphatic carbocycles. The molecule has 3 aromatic rings. The Morgan fingerprint density at radius 3 is 2.89 bits per heavy atom. The van der Waals surface area contributed by atoms with Crippen LogP contribution in [0.25, 0.3) is 11.1 Å². The lowest BCUT2D eigenvalue weighted by molar-refractivity contribution is 0.436. The van der Waals surface area contributed by atoms with Crippen LogP contribution in [0.1, 0.15) is 11.3 Å². The monoisotopic (exact) mass is 255 g/mol. The lowest BCUT2D eigenvalue weighted by Crippen LogP contribution is -2.20. The summed E-state index contributed by atoms with van der Waals surface area (Å²) >= 11 is 0. The van der Waals surface area contributed by atoms with Gasteiger partial charge in [0.05, 0.1) is 11.9 Å². The molecular formula is C12H9N5O2. The number of benzene rings is 1. The second-order valence-corrected chi connectivity index (χ2v) is 3.89. The molecule has 0 spiro atoms. The van der Waals surface area contributed by atoms with E-state index in [0.717, 1.165) is 10.4 Å². The zero-order valence-corrected chi connectivity index (χ0v) is 10.0. The highest BCUT2D eigenvalue weighted by atomic mass is 16.5. The second kappa shape index (κ2) is 4.45. The van der Waals surface area contributed by atoms with Crippen molar-refractivity contribution in [3.8, 4) is 0 Å². The van der Waals surface area contributed by atoms with E-state index in [1.165, 1.54) is 6.21 Å². The van der Waals surface area contributed by atoms with E-state index in [1.54, 1.807) is 6.92 Å². The van der Waals surface area contributed by atoms with Crippen molar-refractivity contribution < 1.29 is 4.52 Å². The molecule has 0 aliphatic heterocycles. The molecule has 0 bridgehead atoms. The molecule has 0 atom stereocenters. The molecule has 0 fully saturated rings. The van der Waals surface area contributed by atoms with E-state index in [9.17, 15) is 4.79 Å². The summed E-state index contributed by atoms with van der Waals surface area (Å²) in [6, 6.07) is 9.39. The van der Waals surface area contributed by atoms with Crippen molar-refractivity contribution in [1.29, 1.82) is 0 Å². The molecule has 3 rings (SSSR count). The van der Waals surface area contributed by atoms with Gasteiger partial charge < -0.3 is 4.52 Å². The molecule has 7 nitrogen and oxygen atoms in total. The maximum Gasteiger partial charge on any atom is 0.304 e. The molecule has 94 valence electrons. The fraction of sp³-hybridized carbons (Fsp3) is 0.0833. The van der Waals surface area contributed by atoms with Crippen molar-refractivity contribution in [2.45, 2.75) is 6.92 Å². The molecule has 2 aromatic heterocycles. The second-order valence-electron chi connectivity index (χ2n) is 3.89. The zero-order chi connectivity index (χ0) is 13.2. The quantitative estimate of drug-likeness (QED) is 0.637. The van der Waals surface area contributed by atoms with E-state index >= 15 is 0 Å². The highest BCUT2D eigenvalue weighted by Crippen LogP contribution is 2.08. The van der Waals surface area contributed by atoms with Gasteiger partial charge in [-0.3, -0.25) is 4.79 Å². The van der Waals surface area contributed by atoms with Crippen LogP contribution >= 0.6 is 0 Å². The first kappa shape index (κ1) is 11.3. The maximum absolute atomic E-state index is 12.1. The smallest absolute Gasteiger partial charge is 0.304 e. The molecule has 0 amide bonds. The molecule has 0 saturated heterocycles. The highest BCUT2D eigenvalue weighted by molar-refractivity contribution is 5.79. The Morgan fingerprint density at radius 2 is 2.11 bits per heavy atom. The molecule has 0 radical (unpaired) electrons. The van der Waals surface area contributed by atoms with Gasteiger partial charge in [-0.05, 0) is 17.7 Å². The Morgan fingerprint density at radius 1 is 1.32 bits per heavy atom. The minimum Gasteiger partial charge on any atom is -0.334 e. The van der Waals surface area contributed by atoms with Gasteiger partial charge in [0.25, 0.3) is 5.71 Å². The third-order valence-electron chi connectivity index (χ3n) is 2.58. The lowest BCUT2D eigenvalue weighted by atomic mass is 10.2. The van der Waals surface area contributed by atoms with Gasteiger partial charge in [0, 0.05) is 0 Å². The number of aromatic nitrogens is 4.